The highest BCUT2D eigenvalue weighted by molar-refractivity contribution is 7.91. The van der Waals surface area contributed by atoms with Gasteiger partial charge < -0.3 is 5.32 Å². The van der Waals surface area contributed by atoms with Crippen LogP contribution in [0.25, 0.3) is 0 Å². The van der Waals surface area contributed by atoms with Gasteiger partial charge in [0.05, 0.1) is 5.75 Å². The molecule has 0 bridgehead atoms. The number of hydrogen-bond acceptors (Lipinski definition) is 3. The first-order chi connectivity index (χ1) is 7.43. The van der Waals surface area contributed by atoms with E-state index in [1.54, 1.807) is 0 Å². The van der Waals surface area contributed by atoms with Gasteiger partial charge in [-0.2, -0.15) is 0 Å². The fraction of sp³-hybridized carbons (Fsp3) is 1.00. The average Bonchev–Trinajstić information content (AvgIpc) is 2.22. The molecule has 0 aromatic rings. The van der Waals surface area contributed by atoms with Crippen molar-refractivity contribution in [1.82, 2.24) is 5.32 Å². The molecular formula is C12H27NO2S. The molecule has 98 valence electrons. The maximum absolute atomic E-state index is 11.6. The number of rotatable bonds is 9. The molecule has 0 rings (SSSR count). The Hall–Kier alpha value is -0.0900. The largest absolute Gasteiger partial charge is 0.317 e. The van der Waals surface area contributed by atoms with Crippen molar-refractivity contribution in [2.24, 2.45) is 11.8 Å². The summed E-state index contributed by atoms with van der Waals surface area (Å²) >= 11 is 0. The van der Waals surface area contributed by atoms with Gasteiger partial charge in [-0.05, 0) is 37.8 Å². The molecule has 0 fully saturated rings. The van der Waals surface area contributed by atoms with Crippen LogP contribution in [0.4, 0.5) is 0 Å². The molecule has 0 aromatic heterocycles. The van der Waals surface area contributed by atoms with Gasteiger partial charge in [-0.3, -0.25) is 0 Å². The van der Waals surface area contributed by atoms with Crippen molar-refractivity contribution in [3.8, 4) is 0 Å². The molecule has 0 spiro atoms. The van der Waals surface area contributed by atoms with E-state index >= 15 is 0 Å². The quantitative estimate of drug-likeness (QED) is 0.680. The second kappa shape index (κ2) is 8.07. The summed E-state index contributed by atoms with van der Waals surface area (Å²) in [5.41, 5.74) is 0. The Kier molecular flexibility index (Phi) is 8.02. The molecule has 2 atom stereocenters. The van der Waals surface area contributed by atoms with Crippen LogP contribution in [-0.2, 0) is 9.84 Å². The fourth-order valence-corrected chi connectivity index (χ4v) is 3.19. The molecule has 0 saturated heterocycles. The van der Waals surface area contributed by atoms with E-state index in [-0.39, 0.29) is 0 Å². The lowest BCUT2D eigenvalue weighted by Crippen LogP contribution is -2.26. The van der Waals surface area contributed by atoms with Gasteiger partial charge in [0.1, 0.15) is 9.84 Å². The van der Waals surface area contributed by atoms with E-state index in [0.29, 0.717) is 23.3 Å². The van der Waals surface area contributed by atoms with Gasteiger partial charge in [0.2, 0.25) is 0 Å². The molecule has 0 aliphatic rings. The predicted molar refractivity (Wildman–Crippen MR) is 70.4 cm³/mol. The molecule has 0 radical (unpaired) electrons. The van der Waals surface area contributed by atoms with Gasteiger partial charge in [0.15, 0.2) is 0 Å². The Morgan fingerprint density at radius 3 is 2.19 bits per heavy atom. The van der Waals surface area contributed by atoms with Crippen LogP contribution in [0.1, 0.15) is 40.5 Å². The van der Waals surface area contributed by atoms with E-state index in [1.165, 1.54) is 0 Å². The van der Waals surface area contributed by atoms with Gasteiger partial charge in [0, 0.05) is 5.75 Å². The second-order valence-electron chi connectivity index (χ2n) is 4.70. The van der Waals surface area contributed by atoms with Crippen LogP contribution in [0, 0.1) is 11.8 Å². The summed E-state index contributed by atoms with van der Waals surface area (Å²) < 4.78 is 23.1. The summed E-state index contributed by atoms with van der Waals surface area (Å²) in [6.45, 7) is 10.3. The Morgan fingerprint density at radius 1 is 1.06 bits per heavy atom. The Balaban J connectivity index is 3.92. The zero-order valence-corrected chi connectivity index (χ0v) is 11.9. The van der Waals surface area contributed by atoms with Crippen molar-refractivity contribution in [2.45, 2.75) is 40.5 Å². The Bertz CT molecular complexity index is 262. The monoisotopic (exact) mass is 249 g/mol. The third kappa shape index (κ3) is 7.23. The van der Waals surface area contributed by atoms with Gasteiger partial charge in [-0.1, -0.05) is 27.7 Å². The first-order valence-electron chi connectivity index (χ1n) is 6.34. The lowest BCUT2D eigenvalue weighted by Gasteiger charge is -2.19. The first-order valence-corrected chi connectivity index (χ1v) is 8.16. The summed E-state index contributed by atoms with van der Waals surface area (Å²) in [6, 6.07) is 0. The predicted octanol–water partition coefficient (Wildman–Crippen LogP) is 2.08. The smallest absolute Gasteiger partial charge is 0.150 e. The summed E-state index contributed by atoms with van der Waals surface area (Å²) in [7, 11) is -2.80. The minimum atomic E-state index is -2.80. The summed E-state index contributed by atoms with van der Waals surface area (Å²) in [4.78, 5) is 0. The van der Waals surface area contributed by atoms with Crippen molar-refractivity contribution >= 4 is 9.84 Å². The number of sulfone groups is 1. The molecule has 0 aromatic carbocycles. The van der Waals surface area contributed by atoms with Crippen molar-refractivity contribution in [3.63, 3.8) is 0 Å². The lowest BCUT2D eigenvalue weighted by atomic mass is 9.93. The van der Waals surface area contributed by atoms with E-state index in [2.05, 4.69) is 26.1 Å². The lowest BCUT2D eigenvalue weighted by molar-refractivity contribution is 0.361. The maximum atomic E-state index is 11.6. The van der Waals surface area contributed by atoms with Crippen molar-refractivity contribution in [3.05, 3.63) is 0 Å². The first kappa shape index (κ1) is 15.9. The van der Waals surface area contributed by atoms with Gasteiger partial charge in [-0.25, -0.2) is 8.42 Å². The van der Waals surface area contributed by atoms with Crippen molar-refractivity contribution in [2.75, 3.05) is 24.6 Å². The van der Waals surface area contributed by atoms with Crippen molar-refractivity contribution < 1.29 is 8.42 Å². The van der Waals surface area contributed by atoms with E-state index in [1.807, 2.05) is 6.92 Å². The molecule has 0 amide bonds. The molecule has 2 unspecified atom stereocenters. The molecule has 16 heavy (non-hydrogen) atoms. The normalized spacial score (nSPS) is 16.0. The van der Waals surface area contributed by atoms with Gasteiger partial charge >= 0.3 is 0 Å². The Morgan fingerprint density at radius 2 is 1.69 bits per heavy atom. The molecular weight excluding hydrogens is 222 g/mol. The molecule has 0 aliphatic carbocycles. The van der Waals surface area contributed by atoms with Crippen LogP contribution in [0.3, 0.4) is 0 Å². The highest BCUT2D eigenvalue weighted by Gasteiger charge is 2.16. The third-order valence-electron chi connectivity index (χ3n) is 3.09. The van der Waals surface area contributed by atoms with E-state index in [0.717, 1.165) is 25.9 Å². The zero-order valence-electron chi connectivity index (χ0n) is 11.1. The number of hydrogen-bond donors (Lipinski definition) is 1. The highest BCUT2D eigenvalue weighted by Crippen LogP contribution is 2.15. The molecule has 1 N–H and O–H groups in total. The van der Waals surface area contributed by atoms with Crippen LogP contribution in [0.15, 0.2) is 0 Å². The molecule has 0 heterocycles. The van der Waals surface area contributed by atoms with Crippen LogP contribution in [0.5, 0.6) is 0 Å². The summed E-state index contributed by atoms with van der Waals surface area (Å²) in [5, 5.41) is 3.30. The topological polar surface area (TPSA) is 46.2 Å². The Labute approximate surface area is 101 Å². The maximum Gasteiger partial charge on any atom is 0.150 e. The number of nitrogens with one attached hydrogen (secondary N) is 1. The molecule has 0 saturated carbocycles. The third-order valence-corrected chi connectivity index (χ3v) is 4.98. The van der Waals surface area contributed by atoms with Crippen LogP contribution < -0.4 is 5.32 Å². The minimum absolute atomic E-state index is 0.335. The van der Waals surface area contributed by atoms with E-state index < -0.39 is 9.84 Å². The molecule has 4 heteroatoms. The van der Waals surface area contributed by atoms with Crippen LogP contribution >= 0.6 is 0 Å². The van der Waals surface area contributed by atoms with Gasteiger partial charge in [0.25, 0.3) is 0 Å². The van der Waals surface area contributed by atoms with Crippen molar-refractivity contribution in [1.29, 1.82) is 0 Å². The average molecular weight is 249 g/mol. The summed E-state index contributed by atoms with van der Waals surface area (Å²) in [5.74, 6) is 1.68. The fourth-order valence-electron chi connectivity index (χ4n) is 1.64. The zero-order chi connectivity index (χ0) is 12.6. The summed E-state index contributed by atoms with van der Waals surface area (Å²) in [6.07, 6.45) is 1.51. The molecule has 0 aliphatic heterocycles. The molecule has 3 nitrogen and oxygen atoms in total. The standard InChI is InChI=1S/C12H27NO2S/c1-5-8-16(14,15)9-7-11(3)12(4)10-13-6-2/h11-13H,5-10H2,1-4H3. The van der Waals surface area contributed by atoms with Gasteiger partial charge in [-0.15, -0.1) is 0 Å². The SMILES string of the molecule is CCCS(=O)(=O)CCC(C)C(C)CNCC. The van der Waals surface area contributed by atoms with Crippen LogP contribution in [-0.4, -0.2) is 33.0 Å². The second-order valence-corrected chi connectivity index (χ2v) is 7.01. The minimum Gasteiger partial charge on any atom is -0.317 e. The van der Waals surface area contributed by atoms with Crippen LogP contribution in [0.2, 0.25) is 0 Å². The van der Waals surface area contributed by atoms with E-state index in [4.69, 9.17) is 0 Å². The van der Waals surface area contributed by atoms with E-state index in [9.17, 15) is 8.42 Å². The highest BCUT2D eigenvalue weighted by atomic mass is 32.2.